The number of hydrogen-bond donors (Lipinski definition) is 0. The van der Waals surface area contributed by atoms with Crippen LogP contribution in [0.15, 0.2) is 330 Å². The highest BCUT2D eigenvalue weighted by molar-refractivity contribution is 6.62. The number of para-hydroxylation sites is 6. The number of hydrogen-bond acceptors (Lipinski definition) is 14. The van der Waals surface area contributed by atoms with Gasteiger partial charge in [0, 0.05) is 104 Å². The average Bonchev–Trinajstić information content (AvgIpc) is 1.57. The van der Waals surface area contributed by atoms with Crippen molar-refractivity contribution in [3.8, 4) is 79.2 Å². The summed E-state index contributed by atoms with van der Waals surface area (Å²) < 4.78 is 50.0. The topological polar surface area (TPSA) is 175 Å². The number of benzene rings is 14. The van der Waals surface area contributed by atoms with Crippen molar-refractivity contribution in [1.82, 2.24) is 29.9 Å². The second-order valence-corrected chi connectivity index (χ2v) is 29.4. The summed E-state index contributed by atoms with van der Waals surface area (Å²) in [6.45, 7) is 8.27. The first-order chi connectivity index (χ1) is 54.8. The SMILES string of the molecule is CC1(C)OB(c2ccc3c(c2)oc2ccc(-c4cccc5c4oc4ccccc45)cc23)OC1(C)C.Clc1nc(-c2ccccc2)nc(-c2cccc3oc4ccccc4c23)n1.c1ccc(-c2nc(-c3ccc4c(c3)oc3ccc(-c5cccc6c5oc5ccccc56)cc34)nc(-c3cccc4oc5ccccc5c34)n2)cc1. The van der Waals surface area contributed by atoms with Gasteiger partial charge in [0.05, 0.1) is 11.2 Å². The van der Waals surface area contributed by atoms with Crippen molar-refractivity contribution in [1.29, 1.82) is 0 Å². The maximum absolute atomic E-state index is 6.46. The summed E-state index contributed by atoms with van der Waals surface area (Å²) in [5.74, 6) is 2.80. The second-order valence-electron chi connectivity index (χ2n) is 29.1. The molecule has 1 aliphatic heterocycles. The summed E-state index contributed by atoms with van der Waals surface area (Å²) in [7, 11) is -0.418. The summed E-state index contributed by atoms with van der Waals surface area (Å²) in [6, 6.07) is 102. The third-order valence-corrected chi connectivity index (χ3v) is 21.9. The van der Waals surface area contributed by atoms with Crippen molar-refractivity contribution in [3.05, 3.63) is 309 Å². The monoisotopic (exact) mass is 1470 g/mol. The quantitative estimate of drug-likeness (QED) is 0.131. The van der Waals surface area contributed by atoms with Crippen LogP contribution in [0.1, 0.15) is 27.7 Å². The van der Waals surface area contributed by atoms with Crippen molar-refractivity contribution in [2.24, 2.45) is 0 Å². The number of halogens is 1. The molecule has 1 aliphatic rings. The van der Waals surface area contributed by atoms with Crippen LogP contribution >= 0.6 is 11.6 Å². The highest BCUT2D eigenvalue weighted by Gasteiger charge is 2.52. The molecule has 8 aromatic heterocycles. The Morgan fingerprint density at radius 3 is 1.11 bits per heavy atom. The maximum Gasteiger partial charge on any atom is 0.494 e. The average molecular weight is 1470 g/mol. The molecule has 0 atom stereocenters. The first kappa shape index (κ1) is 66.4. The van der Waals surface area contributed by atoms with E-state index in [1.54, 1.807) is 0 Å². The fourth-order valence-corrected chi connectivity index (χ4v) is 15.7. The summed E-state index contributed by atoms with van der Waals surface area (Å²) in [4.78, 5) is 28.4. The molecule has 0 aliphatic carbocycles. The molecule has 9 heterocycles. The van der Waals surface area contributed by atoms with E-state index in [2.05, 4.69) is 146 Å². The van der Waals surface area contributed by atoms with E-state index in [9.17, 15) is 0 Å². The Labute approximate surface area is 644 Å². The normalized spacial score (nSPS) is 13.5. The Morgan fingerprint density at radius 2 is 0.589 bits per heavy atom. The zero-order valence-corrected chi connectivity index (χ0v) is 61.5. The number of fused-ring (bicyclic) bond motifs is 18. The molecule has 0 bridgehead atoms. The number of rotatable bonds is 8. The highest BCUT2D eigenvalue weighted by atomic mass is 35.5. The van der Waals surface area contributed by atoms with Gasteiger partial charge < -0.3 is 35.8 Å². The molecule has 0 spiro atoms. The van der Waals surface area contributed by atoms with Crippen LogP contribution in [0.25, 0.3) is 211 Å². The minimum atomic E-state index is -0.418. The molecule has 0 saturated carbocycles. The van der Waals surface area contributed by atoms with Gasteiger partial charge in [-0.25, -0.2) is 19.9 Å². The maximum atomic E-state index is 6.46. The molecule has 0 amide bonds. The predicted octanol–water partition coefficient (Wildman–Crippen LogP) is 25.4. The summed E-state index contributed by atoms with van der Waals surface area (Å²) in [6.07, 6.45) is 0. The fraction of sp³-hybridized carbons (Fsp3) is 0.0625. The molecular formula is C96H62BClN6O8. The van der Waals surface area contributed by atoms with E-state index in [1.165, 1.54) is 0 Å². The van der Waals surface area contributed by atoms with E-state index in [-0.39, 0.29) is 16.5 Å². The van der Waals surface area contributed by atoms with E-state index >= 15 is 0 Å². The van der Waals surface area contributed by atoms with E-state index in [0.717, 1.165) is 187 Å². The van der Waals surface area contributed by atoms with Crippen LogP contribution in [0.3, 0.4) is 0 Å². The molecule has 0 unspecified atom stereocenters. The zero-order valence-electron chi connectivity index (χ0n) is 60.8. The Hall–Kier alpha value is -13.8. The molecule has 112 heavy (non-hydrogen) atoms. The van der Waals surface area contributed by atoms with E-state index < -0.39 is 7.12 Å². The first-order valence-corrected chi connectivity index (χ1v) is 37.4. The lowest BCUT2D eigenvalue weighted by Gasteiger charge is -2.32. The number of nitrogens with zero attached hydrogens (tertiary/aromatic N) is 6. The Kier molecular flexibility index (Phi) is 15.5. The van der Waals surface area contributed by atoms with Crippen LogP contribution in [-0.2, 0) is 9.31 Å². The second kappa shape index (κ2) is 26.2. The van der Waals surface area contributed by atoms with Gasteiger partial charge in [-0.05, 0) is 135 Å². The zero-order chi connectivity index (χ0) is 74.9. The van der Waals surface area contributed by atoms with Gasteiger partial charge in [0.15, 0.2) is 29.1 Å². The largest absolute Gasteiger partial charge is 0.494 e. The minimum Gasteiger partial charge on any atom is -0.456 e. The van der Waals surface area contributed by atoms with E-state index in [1.807, 2.05) is 200 Å². The van der Waals surface area contributed by atoms with Crippen molar-refractivity contribution in [2.75, 3.05) is 0 Å². The summed E-state index contributed by atoms with van der Waals surface area (Å²) >= 11 is 6.21. The molecule has 534 valence electrons. The van der Waals surface area contributed by atoms with Crippen LogP contribution in [0.4, 0.5) is 0 Å². The van der Waals surface area contributed by atoms with Gasteiger partial charge in [0.2, 0.25) is 5.28 Å². The molecule has 14 nitrogen and oxygen atoms in total. The number of furan rings is 6. The lowest BCUT2D eigenvalue weighted by atomic mass is 9.79. The van der Waals surface area contributed by atoms with Gasteiger partial charge in [-0.3, -0.25) is 0 Å². The van der Waals surface area contributed by atoms with Gasteiger partial charge in [-0.1, -0.05) is 224 Å². The van der Waals surface area contributed by atoms with Gasteiger partial charge in [-0.15, -0.1) is 0 Å². The van der Waals surface area contributed by atoms with Crippen LogP contribution in [0.5, 0.6) is 0 Å². The predicted molar refractivity (Wildman–Crippen MR) is 449 cm³/mol. The van der Waals surface area contributed by atoms with Crippen LogP contribution in [0, 0.1) is 0 Å². The third kappa shape index (κ3) is 11.3. The molecule has 23 rings (SSSR count). The lowest BCUT2D eigenvalue weighted by molar-refractivity contribution is 0.00578. The summed E-state index contributed by atoms with van der Waals surface area (Å²) in [5, 5.41) is 12.8. The van der Waals surface area contributed by atoms with Gasteiger partial charge in [-0.2, -0.15) is 9.97 Å². The molecule has 14 aromatic carbocycles. The van der Waals surface area contributed by atoms with Crippen molar-refractivity contribution in [3.63, 3.8) is 0 Å². The third-order valence-electron chi connectivity index (χ3n) is 21.8. The van der Waals surface area contributed by atoms with Crippen molar-refractivity contribution >= 4 is 156 Å². The molecule has 0 N–H and O–H groups in total. The Morgan fingerprint density at radius 1 is 0.241 bits per heavy atom. The molecule has 1 fully saturated rings. The standard InChI is InChI=1S/C45H25N3O3.C30H25BO4.C21H12ClN3O/c1-2-10-26(11-3-1)43-46-44(48-45(47-43)34-16-9-19-39-41(34)33-13-5-7-18-37(33)49-39)28-20-22-31-35-24-27(21-23-38(35)50-40(31)25-28)29-14-8-15-32-30-12-4-6-17-36(30)51-42(29)32;1-29(2)30(3,4)35-31(34-29)19-13-14-22-24-16-18(12-15-26(24)32-27(22)17-19)20-9-7-10-23-21-8-5-6-11-25(21)33-28(20)23;22-21-24-19(13-7-2-1-3-8-13)23-20(25-21)15-10-6-12-17-18(15)14-9-4-5-11-16(14)26-17/h1-25H;5-17H,1-4H3;1-12H. The van der Waals surface area contributed by atoms with E-state index in [0.29, 0.717) is 29.1 Å². The molecule has 22 aromatic rings. The van der Waals surface area contributed by atoms with Gasteiger partial charge in [0.1, 0.15) is 67.0 Å². The molecule has 0 radical (unpaired) electrons. The Bertz CT molecular complexity index is 7510. The van der Waals surface area contributed by atoms with Crippen molar-refractivity contribution < 1.29 is 35.8 Å². The number of aromatic nitrogens is 6. The van der Waals surface area contributed by atoms with Gasteiger partial charge in [0.25, 0.3) is 0 Å². The smallest absolute Gasteiger partial charge is 0.456 e. The van der Waals surface area contributed by atoms with Crippen LogP contribution < -0.4 is 5.46 Å². The van der Waals surface area contributed by atoms with Gasteiger partial charge >= 0.3 is 7.12 Å². The fourth-order valence-electron chi connectivity index (χ4n) is 15.6. The molecule has 16 heteroatoms. The molecule has 1 saturated heterocycles. The van der Waals surface area contributed by atoms with Crippen LogP contribution in [0.2, 0.25) is 5.28 Å². The van der Waals surface area contributed by atoms with E-state index in [4.69, 9.17) is 62.4 Å². The van der Waals surface area contributed by atoms with Crippen LogP contribution in [-0.4, -0.2) is 48.2 Å². The molecular weight excluding hydrogens is 1410 g/mol. The highest BCUT2D eigenvalue weighted by Crippen LogP contribution is 2.45. The van der Waals surface area contributed by atoms with Crippen molar-refractivity contribution in [2.45, 2.75) is 38.9 Å². The summed E-state index contributed by atoms with van der Waals surface area (Å²) in [5.41, 5.74) is 18.9. The Balaban J connectivity index is 0.000000113. The first-order valence-electron chi connectivity index (χ1n) is 37.0. The lowest BCUT2D eigenvalue weighted by Crippen LogP contribution is -2.41. The minimum absolute atomic E-state index is 0.165.